The van der Waals surface area contributed by atoms with Gasteiger partial charge in [-0.15, -0.1) is 11.3 Å². The molecule has 1 heterocycles. The lowest BCUT2D eigenvalue weighted by atomic mass is 10.1. The normalized spacial score (nSPS) is 11.1. The second-order valence-corrected chi connectivity index (χ2v) is 5.20. The van der Waals surface area contributed by atoms with E-state index in [1.54, 1.807) is 18.2 Å². The second-order valence-electron chi connectivity index (χ2n) is 4.11. The highest BCUT2D eigenvalue weighted by molar-refractivity contribution is 7.24. The first-order valence-electron chi connectivity index (χ1n) is 5.31. The van der Waals surface area contributed by atoms with Crippen LogP contribution >= 0.6 is 11.3 Å². The number of phenols is 1. The average molecular weight is 242 g/mol. The van der Waals surface area contributed by atoms with Gasteiger partial charge >= 0.3 is 0 Å². The fourth-order valence-corrected chi connectivity index (χ4v) is 3.04. The van der Waals surface area contributed by atoms with E-state index in [2.05, 4.69) is 0 Å². The molecule has 0 saturated heterocycles. The first kappa shape index (κ1) is 10.3. The van der Waals surface area contributed by atoms with E-state index in [0.29, 0.717) is 5.39 Å². The highest BCUT2D eigenvalue weighted by atomic mass is 32.1. The van der Waals surface area contributed by atoms with E-state index in [1.165, 1.54) is 11.3 Å². The van der Waals surface area contributed by atoms with Crippen LogP contribution in [0.15, 0.2) is 41.2 Å². The van der Waals surface area contributed by atoms with Crippen molar-refractivity contribution >= 4 is 31.5 Å². The van der Waals surface area contributed by atoms with Crippen LogP contribution in [0.3, 0.4) is 0 Å². The Balaban J connectivity index is 2.57. The Hall–Kier alpha value is -1.87. The molecule has 0 amide bonds. The standard InChI is InChI=1S/C14H10O2S/c1-8-2-5-12-11(6-8)14(16)10-4-3-9(15)7-13(10)17-12/h2-7,15H,1H3. The highest BCUT2D eigenvalue weighted by Crippen LogP contribution is 2.27. The molecule has 0 aliphatic rings. The molecule has 0 aliphatic heterocycles. The minimum absolute atomic E-state index is 0.0393. The number of aromatic hydroxyl groups is 1. The Morgan fingerprint density at radius 1 is 1.00 bits per heavy atom. The molecule has 0 unspecified atom stereocenters. The summed E-state index contributed by atoms with van der Waals surface area (Å²) in [5, 5.41) is 10.9. The minimum atomic E-state index is 0.0393. The zero-order valence-corrected chi connectivity index (χ0v) is 10.0. The van der Waals surface area contributed by atoms with E-state index >= 15 is 0 Å². The van der Waals surface area contributed by atoms with Crippen LogP contribution in [0.5, 0.6) is 5.75 Å². The predicted molar refractivity (Wildman–Crippen MR) is 72.0 cm³/mol. The molecule has 3 aromatic rings. The first-order valence-corrected chi connectivity index (χ1v) is 6.13. The second kappa shape index (κ2) is 3.57. The maximum atomic E-state index is 12.3. The maximum absolute atomic E-state index is 12.3. The number of fused-ring (bicyclic) bond motifs is 2. The molecule has 2 nitrogen and oxygen atoms in total. The monoisotopic (exact) mass is 242 g/mol. The molecule has 0 spiro atoms. The van der Waals surface area contributed by atoms with Gasteiger partial charge in [0.2, 0.25) is 0 Å². The molecule has 0 fully saturated rings. The zero-order chi connectivity index (χ0) is 12.0. The summed E-state index contributed by atoms with van der Waals surface area (Å²) in [5.41, 5.74) is 1.12. The van der Waals surface area contributed by atoms with E-state index in [4.69, 9.17) is 0 Å². The summed E-state index contributed by atoms with van der Waals surface area (Å²) in [7, 11) is 0. The van der Waals surface area contributed by atoms with Gasteiger partial charge in [0.05, 0.1) is 0 Å². The molecule has 0 atom stereocenters. The Labute approximate surface area is 102 Å². The minimum Gasteiger partial charge on any atom is -0.508 e. The molecule has 0 bridgehead atoms. The van der Waals surface area contributed by atoms with Gasteiger partial charge in [0.25, 0.3) is 0 Å². The maximum Gasteiger partial charge on any atom is 0.195 e. The van der Waals surface area contributed by atoms with Crippen molar-refractivity contribution in [1.82, 2.24) is 0 Å². The van der Waals surface area contributed by atoms with Gasteiger partial charge in [0.15, 0.2) is 5.43 Å². The molecular weight excluding hydrogens is 232 g/mol. The van der Waals surface area contributed by atoms with Crippen molar-refractivity contribution < 1.29 is 5.11 Å². The van der Waals surface area contributed by atoms with Crippen LogP contribution in [0.1, 0.15) is 5.56 Å². The van der Waals surface area contributed by atoms with Gasteiger partial charge in [0.1, 0.15) is 5.75 Å². The molecule has 2 aromatic carbocycles. The molecule has 0 radical (unpaired) electrons. The molecule has 1 N–H and O–H groups in total. The third kappa shape index (κ3) is 1.59. The highest BCUT2D eigenvalue weighted by Gasteiger charge is 2.06. The van der Waals surface area contributed by atoms with Crippen LogP contribution in [0.25, 0.3) is 20.2 Å². The molecule has 0 saturated carbocycles. The SMILES string of the molecule is Cc1ccc2sc3cc(O)ccc3c(=O)c2c1. The van der Waals surface area contributed by atoms with Crippen LogP contribution in [0, 0.1) is 6.92 Å². The van der Waals surface area contributed by atoms with Crippen LogP contribution in [0.4, 0.5) is 0 Å². The van der Waals surface area contributed by atoms with Crippen LogP contribution in [-0.2, 0) is 0 Å². The summed E-state index contributed by atoms with van der Waals surface area (Å²) in [6.45, 7) is 1.98. The van der Waals surface area contributed by atoms with Crippen LogP contribution in [-0.4, -0.2) is 5.11 Å². The Kier molecular flexibility index (Phi) is 2.16. The number of rotatable bonds is 0. The number of hydrogen-bond donors (Lipinski definition) is 1. The largest absolute Gasteiger partial charge is 0.508 e. The smallest absolute Gasteiger partial charge is 0.195 e. The quantitative estimate of drug-likeness (QED) is 0.613. The van der Waals surface area contributed by atoms with Gasteiger partial charge in [0, 0.05) is 20.2 Å². The molecule has 84 valence electrons. The van der Waals surface area contributed by atoms with E-state index in [-0.39, 0.29) is 11.2 Å². The molecule has 3 rings (SSSR count). The summed E-state index contributed by atoms with van der Waals surface area (Å²) in [4.78, 5) is 12.3. The Morgan fingerprint density at radius 3 is 2.65 bits per heavy atom. The number of benzene rings is 2. The average Bonchev–Trinajstić information content (AvgIpc) is 2.30. The topological polar surface area (TPSA) is 37.3 Å². The van der Waals surface area contributed by atoms with E-state index in [0.717, 1.165) is 20.3 Å². The predicted octanol–water partition coefficient (Wildman–Crippen LogP) is 3.43. The van der Waals surface area contributed by atoms with Gasteiger partial charge in [-0.1, -0.05) is 11.6 Å². The van der Waals surface area contributed by atoms with Gasteiger partial charge in [-0.25, -0.2) is 0 Å². The molecular formula is C14H10O2S. The number of hydrogen-bond acceptors (Lipinski definition) is 3. The van der Waals surface area contributed by atoms with Crippen molar-refractivity contribution in [3.8, 4) is 5.75 Å². The van der Waals surface area contributed by atoms with Crippen molar-refractivity contribution in [2.45, 2.75) is 6.92 Å². The number of aryl methyl sites for hydroxylation is 1. The van der Waals surface area contributed by atoms with Gasteiger partial charge in [-0.2, -0.15) is 0 Å². The van der Waals surface area contributed by atoms with Crippen molar-refractivity contribution in [3.63, 3.8) is 0 Å². The first-order chi connectivity index (χ1) is 8.15. The van der Waals surface area contributed by atoms with Crippen molar-refractivity contribution in [3.05, 3.63) is 52.2 Å². The fraction of sp³-hybridized carbons (Fsp3) is 0.0714. The third-order valence-electron chi connectivity index (χ3n) is 2.81. The van der Waals surface area contributed by atoms with Gasteiger partial charge in [-0.05, 0) is 37.3 Å². The Morgan fingerprint density at radius 2 is 1.82 bits per heavy atom. The summed E-state index contributed by atoms with van der Waals surface area (Å²) in [6, 6.07) is 10.7. The summed E-state index contributed by atoms with van der Waals surface area (Å²) < 4.78 is 1.78. The van der Waals surface area contributed by atoms with Gasteiger partial charge in [-0.3, -0.25) is 4.79 Å². The van der Waals surface area contributed by atoms with Crippen LogP contribution < -0.4 is 5.43 Å². The summed E-state index contributed by atoms with van der Waals surface area (Å²) in [6.07, 6.45) is 0. The fourth-order valence-electron chi connectivity index (χ4n) is 1.96. The molecule has 3 heteroatoms. The van der Waals surface area contributed by atoms with E-state index in [9.17, 15) is 9.90 Å². The van der Waals surface area contributed by atoms with Gasteiger partial charge < -0.3 is 5.11 Å². The third-order valence-corrected chi connectivity index (χ3v) is 3.94. The lowest BCUT2D eigenvalue weighted by Crippen LogP contribution is -2.00. The molecule has 17 heavy (non-hydrogen) atoms. The van der Waals surface area contributed by atoms with Crippen LogP contribution in [0.2, 0.25) is 0 Å². The molecule has 0 aliphatic carbocycles. The Bertz CT molecular complexity index is 787. The van der Waals surface area contributed by atoms with E-state index < -0.39 is 0 Å². The summed E-state index contributed by atoms with van der Waals surface area (Å²) >= 11 is 1.53. The zero-order valence-electron chi connectivity index (χ0n) is 9.23. The van der Waals surface area contributed by atoms with E-state index in [1.807, 2.05) is 25.1 Å². The van der Waals surface area contributed by atoms with Crippen molar-refractivity contribution in [2.75, 3.05) is 0 Å². The van der Waals surface area contributed by atoms with Crippen molar-refractivity contribution in [2.24, 2.45) is 0 Å². The lowest BCUT2D eigenvalue weighted by Gasteiger charge is -2.02. The lowest BCUT2D eigenvalue weighted by molar-refractivity contribution is 0.476. The molecule has 1 aromatic heterocycles. The number of phenolic OH excluding ortho intramolecular Hbond substituents is 1. The van der Waals surface area contributed by atoms with Crippen molar-refractivity contribution in [1.29, 1.82) is 0 Å². The summed E-state index contributed by atoms with van der Waals surface area (Å²) in [5.74, 6) is 0.194.